The standard InChI is InChI=1S/C12H23BrO/c1-10(2)12(8-13)9-14-7-6-11-4-3-5-11/h10-12H,3-9H2,1-2H3. The number of halogens is 1. The Kier molecular flexibility index (Phi) is 6.11. The minimum absolute atomic E-state index is 0.677. The Morgan fingerprint density at radius 3 is 2.50 bits per heavy atom. The monoisotopic (exact) mass is 262 g/mol. The molecule has 0 N–H and O–H groups in total. The van der Waals surface area contributed by atoms with E-state index in [9.17, 15) is 0 Å². The summed E-state index contributed by atoms with van der Waals surface area (Å²) in [5.74, 6) is 2.38. The maximum Gasteiger partial charge on any atom is 0.0504 e. The van der Waals surface area contributed by atoms with Crippen LogP contribution in [0.3, 0.4) is 0 Å². The van der Waals surface area contributed by atoms with Crippen molar-refractivity contribution in [3.05, 3.63) is 0 Å². The highest BCUT2D eigenvalue weighted by Crippen LogP contribution is 2.29. The molecule has 0 aromatic heterocycles. The van der Waals surface area contributed by atoms with Crippen molar-refractivity contribution in [3.8, 4) is 0 Å². The molecule has 1 nitrogen and oxygen atoms in total. The molecule has 0 aliphatic heterocycles. The average Bonchev–Trinajstić information content (AvgIpc) is 2.07. The van der Waals surface area contributed by atoms with Gasteiger partial charge in [-0.1, -0.05) is 49.0 Å². The first-order chi connectivity index (χ1) is 6.74. The van der Waals surface area contributed by atoms with Crippen LogP contribution in [0.1, 0.15) is 39.5 Å². The number of hydrogen-bond donors (Lipinski definition) is 0. The van der Waals surface area contributed by atoms with Crippen molar-refractivity contribution in [2.75, 3.05) is 18.5 Å². The molecule has 0 aromatic carbocycles. The number of rotatable bonds is 7. The first-order valence-electron chi connectivity index (χ1n) is 5.87. The molecular formula is C12H23BrO. The Labute approximate surface area is 96.7 Å². The SMILES string of the molecule is CC(C)C(CBr)COCCC1CCC1. The van der Waals surface area contributed by atoms with Gasteiger partial charge in [-0.15, -0.1) is 0 Å². The lowest BCUT2D eigenvalue weighted by Gasteiger charge is -2.25. The molecule has 0 aromatic rings. The largest absolute Gasteiger partial charge is 0.381 e. The molecule has 0 saturated heterocycles. The summed E-state index contributed by atoms with van der Waals surface area (Å²) in [6, 6.07) is 0. The molecule has 84 valence electrons. The second-order valence-corrected chi connectivity index (χ2v) is 5.47. The van der Waals surface area contributed by atoms with Crippen molar-refractivity contribution < 1.29 is 4.74 Å². The molecule has 0 heterocycles. The van der Waals surface area contributed by atoms with Gasteiger partial charge in [0.2, 0.25) is 0 Å². The van der Waals surface area contributed by atoms with Gasteiger partial charge in [0, 0.05) is 11.9 Å². The van der Waals surface area contributed by atoms with Gasteiger partial charge in [0.15, 0.2) is 0 Å². The third-order valence-corrected chi connectivity index (χ3v) is 4.20. The van der Waals surface area contributed by atoms with Crippen LogP contribution in [0.2, 0.25) is 0 Å². The maximum absolute atomic E-state index is 5.72. The van der Waals surface area contributed by atoms with Gasteiger partial charge in [-0.05, 0) is 24.2 Å². The Bertz CT molecular complexity index is 143. The van der Waals surface area contributed by atoms with E-state index in [0.717, 1.165) is 30.4 Å². The molecule has 1 rings (SSSR count). The Hall–Kier alpha value is 0.440. The van der Waals surface area contributed by atoms with Gasteiger partial charge in [0.1, 0.15) is 0 Å². The van der Waals surface area contributed by atoms with Crippen LogP contribution < -0.4 is 0 Å². The summed E-state index contributed by atoms with van der Waals surface area (Å²) in [5, 5.41) is 1.06. The van der Waals surface area contributed by atoms with Crippen LogP contribution in [0.4, 0.5) is 0 Å². The van der Waals surface area contributed by atoms with E-state index in [-0.39, 0.29) is 0 Å². The lowest BCUT2D eigenvalue weighted by molar-refractivity contribution is 0.0732. The number of alkyl halides is 1. The van der Waals surface area contributed by atoms with Crippen LogP contribution in [0.25, 0.3) is 0 Å². The van der Waals surface area contributed by atoms with Gasteiger partial charge in [-0.3, -0.25) is 0 Å². The van der Waals surface area contributed by atoms with E-state index >= 15 is 0 Å². The molecule has 14 heavy (non-hydrogen) atoms. The predicted octanol–water partition coefficient (Wildman–Crippen LogP) is 3.86. The Balaban J connectivity index is 1.95. The average molecular weight is 263 g/mol. The Morgan fingerprint density at radius 1 is 1.36 bits per heavy atom. The molecule has 1 aliphatic carbocycles. The van der Waals surface area contributed by atoms with E-state index in [4.69, 9.17) is 4.74 Å². The summed E-state index contributed by atoms with van der Waals surface area (Å²) in [5.41, 5.74) is 0. The molecule has 0 bridgehead atoms. The van der Waals surface area contributed by atoms with Gasteiger partial charge in [-0.2, -0.15) is 0 Å². The van der Waals surface area contributed by atoms with Crippen molar-refractivity contribution >= 4 is 15.9 Å². The lowest BCUT2D eigenvalue weighted by Crippen LogP contribution is -2.19. The van der Waals surface area contributed by atoms with Crippen molar-refractivity contribution in [2.45, 2.75) is 39.5 Å². The van der Waals surface area contributed by atoms with E-state index in [2.05, 4.69) is 29.8 Å². The molecule has 0 amide bonds. The summed E-state index contributed by atoms with van der Waals surface area (Å²) < 4.78 is 5.72. The maximum atomic E-state index is 5.72. The molecule has 1 unspecified atom stereocenters. The number of ether oxygens (including phenoxy) is 1. The zero-order valence-corrected chi connectivity index (χ0v) is 11.1. The van der Waals surface area contributed by atoms with E-state index in [1.165, 1.54) is 25.7 Å². The first kappa shape index (κ1) is 12.5. The minimum atomic E-state index is 0.677. The van der Waals surface area contributed by atoms with Crippen molar-refractivity contribution in [2.24, 2.45) is 17.8 Å². The molecule has 2 heteroatoms. The smallest absolute Gasteiger partial charge is 0.0504 e. The number of hydrogen-bond acceptors (Lipinski definition) is 1. The van der Waals surface area contributed by atoms with Gasteiger partial charge >= 0.3 is 0 Å². The highest BCUT2D eigenvalue weighted by Gasteiger charge is 2.17. The molecule has 0 radical (unpaired) electrons. The lowest BCUT2D eigenvalue weighted by atomic mass is 9.83. The predicted molar refractivity (Wildman–Crippen MR) is 64.9 cm³/mol. The summed E-state index contributed by atoms with van der Waals surface area (Å²) in [6.07, 6.45) is 5.61. The van der Waals surface area contributed by atoms with Crippen LogP contribution >= 0.6 is 15.9 Å². The van der Waals surface area contributed by atoms with Crippen LogP contribution in [0, 0.1) is 17.8 Å². The second-order valence-electron chi connectivity index (χ2n) is 4.82. The van der Waals surface area contributed by atoms with Crippen molar-refractivity contribution in [1.29, 1.82) is 0 Å². The van der Waals surface area contributed by atoms with Crippen LogP contribution in [0.5, 0.6) is 0 Å². The molecule has 1 fully saturated rings. The van der Waals surface area contributed by atoms with Crippen molar-refractivity contribution in [1.82, 2.24) is 0 Å². The highest BCUT2D eigenvalue weighted by molar-refractivity contribution is 9.09. The van der Waals surface area contributed by atoms with Gasteiger partial charge in [-0.25, -0.2) is 0 Å². The van der Waals surface area contributed by atoms with Gasteiger partial charge in [0.05, 0.1) is 6.61 Å². The molecule has 1 atom stereocenters. The minimum Gasteiger partial charge on any atom is -0.381 e. The van der Waals surface area contributed by atoms with Gasteiger partial charge < -0.3 is 4.74 Å². The van der Waals surface area contributed by atoms with E-state index in [0.29, 0.717) is 5.92 Å². The van der Waals surface area contributed by atoms with Crippen LogP contribution in [0.15, 0.2) is 0 Å². The van der Waals surface area contributed by atoms with E-state index < -0.39 is 0 Å². The molecule has 1 aliphatic rings. The van der Waals surface area contributed by atoms with E-state index in [1.807, 2.05) is 0 Å². The molecular weight excluding hydrogens is 240 g/mol. The fourth-order valence-corrected chi connectivity index (χ4v) is 2.62. The zero-order chi connectivity index (χ0) is 10.4. The fourth-order valence-electron chi connectivity index (χ4n) is 1.68. The quantitative estimate of drug-likeness (QED) is 0.500. The fraction of sp³-hybridized carbons (Fsp3) is 1.00. The van der Waals surface area contributed by atoms with E-state index in [1.54, 1.807) is 0 Å². The molecule has 1 saturated carbocycles. The zero-order valence-electron chi connectivity index (χ0n) is 9.47. The van der Waals surface area contributed by atoms with Gasteiger partial charge in [0.25, 0.3) is 0 Å². The Morgan fingerprint density at radius 2 is 2.07 bits per heavy atom. The first-order valence-corrected chi connectivity index (χ1v) is 7.00. The third kappa shape index (κ3) is 4.31. The van der Waals surface area contributed by atoms with Crippen molar-refractivity contribution in [3.63, 3.8) is 0 Å². The topological polar surface area (TPSA) is 9.23 Å². The summed E-state index contributed by atoms with van der Waals surface area (Å²) in [4.78, 5) is 0. The van der Waals surface area contributed by atoms with Crippen LogP contribution in [-0.4, -0.2) is 18.5 Å². The third-order valence-electron chi connectivity index (χ3n) is 3.37. The summed E-state index contributed by atoms with van der Waals surface area (Å²) in [6.45, 7) is 6.43. The normalized spacial score (nSPS) is 19.7. The molecule has 0 spiro atoms. The summed E-state index contributed by atoms with van der Waals surface area (Å²) in [7, 11) is 0. The summed E-state index contributed by atoms with van der Waals surface area (Å²) >= 11 is 3.54. The second kappa shape index (κ2) is 6.84. The van der Waals surface area contributed by atoms with Crippen LogP contribution in [-0.2, 0) is 4.74 Å². The highest BCUT2D eigenvalue weighted by atomic mass is 79.9.